The van der Waals surface area contributed by atoms with Gasteiger partial charge in [-0.2, -0.15) is 13.2 Å². The molecule has 1 unspecified atom stereocenters. The van der Waals surface area contributed by atoms with Crippen molar-refractivity contribution in [1.82, 2.24) is 9.80 Å². The fraction of sp³-hybridized carbons (Fsp3) is 0.348. The first kappa shape index (κ1) is 25.2. The summed E-state index contributed by atoms with van der Waals surface area (Å²) in [5.41, 5.74) is 0.957. The van der Waals surface area contributed by atoms with Gasteiger partial charge in [-0.25, -0.2) is 9.18 Å². The zero-order chi connectivity index (χ0) is 25.1. The molecule has 2 amide bonds. The van der Waals surface area contributed by atoms with Crippen LogP contribution in [0.15, 0.2) is 54.6 Å². The van der Waals surface area contributed by atoms with Crippen molar-refractivity contribution < 1.29 is 37.1 Å². The van der Waals surface area contributed by atoms with Crippen LogP contribution in [0.5, 0.6) is 0 Å². The van der Waals surface area contributed by atoms with E-state index < -0.39 is 18.0 Å². The minimum Gasteiger partial charge on any atom is -0.475 e. The number of carbonyl (C=O) groups is 3. The topological polar surface area (TPSA) is 81.2 Å². The number of carbonyl (C=O) groups excluding carboxylic acids is 2. The van der Waals surface area contributed by atoms with Crippen LogP contribution in [0.1, 0.15) is 16.8 Å². The Bertz CT molecular complexity index is 1060. The second-order valence-electron chi connectivity index (χ2n) is 8.19. The molecule has 4 rings (SSSR count). The van der Waals surface area contributed by atoms with Crippen molar-refractivity contribution >= 4 is 23.5 Å². The van der Waals surface area contributed by atoms with E-state index in [4.69, 9.17) is 9.90 Å². The van der Waals surface area contributed by atoms with E-state index in [0.29, 0.717) is 31.7 Å². The zero-order valence-corrected chi connectivity index (χ0v) is 18.3. The van der Waals surface area contributed by atoms with Crippen LogP contribution in [0.3, 0.4) is 0 Å². The number of likely N-dealkylation sites (N-methyl/N-ethyl adjacent to an activating group) is 1. The summed E-state index contributed by atoms with van der Waals surface area (Å²) < 4.78 is 45.2. The number of halogens is 4. The van der Waals surface area contributed by atoms with Crippen molar-refractivity contribution in [3.05, 3.63) is 66.0 Å². The molecule has 2 aromatic rings. The molecule has 182 valence electrons. The third-order valence-corrected chi connectivity index (χ3v) is 5.94. The van der Waals surface area contributed by atoms with Crippen molar-refractivity contribution in [2.75, 3.05) is 38.1 Å². The molecule has 2 saturated heterocycles. The average molecular weight is 481 g/mol. The van der Waals surface area contributed by atoms with E-state index in [0.717, 1.165) is 12.1 Å². The molecule has 11 heteroatoms. The number of hydrogen-bond donors (Lipinski definition) is 1. The normalized spacial score (nSPS) is 20.8. The molecule has 2 aromatic carbocycles. The van der Waals surface area contributed by atoms with E-state index in [1.54, 1.807) is 17.0 Å². The first-order valence-corrected chi connectivity index (χ1v) is 10.3. The number of amides is 2. The second kappa shape index (κ2) is 9.80. The predicted octanol–water partition coefficient (Wildman–Crippen LogP) is 3.02. The smallest absolute Gasteiger partial charge is 0.475 e. The monoisotopic (exact) mass is 481 g/mol. The second-order valence-corrected chi connectivity index (χ2v) is 8.19. The number of rotatable bonds is 2. The highest BCUT2D eigenvalue weighted by Crippen LogP contribution is 2.34. The number of likely N-dealkylation sites (tertiary alicyclic amines) is 1. The number of piperazine rings is 1. The lowest BCUT2D eigenvalue weighted by molar-refractivity contribution is -0.192. The first-order valence-electron chi connectivity index (χ1n) is 10.3. The standard InChI is InChI=1S/C21H22FN3O2.C2HF3O2/c1-23-13-19(26)25(18-8-3-2-4-9-18)15-21(23)10-11-24(14-21)20(27)16-6-5-7-17(22)12-16;3-2(4,5)1(6)7/h2-9,12H,10-11,13-15H2,1H3;(H,6,7). The SMILES string of the molecule is CN1CC(=O)N(c2ccccc2)CC12CCN(C(=O)c1cccc(F)c1)C2.O=C(O)C(F)(F)F. The largest absolute Gasteiger partial charge is 0.490 e. The first-order chi connectivity index (χ1) is 15.9. The summed E-state index contributed by atoms with van der Waals surface area (Å²) in [4.78, 5) is 39.9. The maximum absolute atomic E-state index is 13.5. The Balaban J connectivity index is 0.000000406. The third-order valence-electron chi connectivity index (χ3n) is 5.94. The number of carboxylic acid groups (broad SMARTS) is 1. The minimum atomic E-state index is -5.08. The van der Waals surface area contributed by atoms with Gasteiger partial charge in [0.25, 0.3) is 5.91 Å². The lowest BCUT2D eigenvalue weighted by Crippen LogP contribution is -2.64. The highest BCUT2D eigenvalue weighted by atomic mass is 19.4. The van der Waals surface area contributed by atoms with E-state index >= 15 is 0 Å². The quantitative estimate of drug-likeness (QED) is 0.667. The van der Waals surface area contributed by atoms with Gasteiger partial charge in [-0.3, -0.25) is 14.5 Å². The summed E-state index contributed by atoms with van der Waals surface area (Å²) in [5.74, 6) is -3.27. The van der Waals surface area contributed by atoms with Crippen LogP contribution in [-0.4, -0.2) is 77.6 Å². The van der Waals surface area contributed by atoms with Crippen LogP contribution >= 0.6 is 0 Å². The van der Waals surface area contributed by atoms with Gasteiger partial charge >= 0.3 is 12.1 Å². The van der Waals surface area contributed by atoms with Crippen molar-refractivity contribution in [3.8, 4) is 0 Å². The molecular formula is C23H23F4N3O4. The number of para-hydroxylation sites is 1. The molecule has 34 heavy (non-hydrogen) atoms. The van der Waals surface area contributed by atoms with Crippen molar-refractivity contribution in [1.29, 1.82) is 0 Å². The van der Waals surface area contributed by atoms with E-state index in [1.807, 2.05) is 42.3 Å². The third kappa shape index (κ3) is 5.53. The number of carboxylic acids is 1. The van der Waals surface area contributed by atoms with Gasteiger partial charge in [-0.15, -0.1) is 0 Å². The van der Waals surface area contributed by atoms with Gasteiger partial charge in [0.1, 0.15) is 5.82 Å². The van der Waals surface area contributed by atoms with Gasteiger partial charge in [0, 0.05) is 30.9 Å². The molecule has 1 spiro atoms. The summed E-state index contributed by atoms with van der Waals surface area (Å²) in [7, 11) is 1.94. The maximum Gasteiger partial charge on any atom is 0.490 e. The van der Waals surface area contributed by atoms with E-state index in [2.05, 4.69) is 4.90 Å². The highest BCUT2D eigenvalue weighted by Gasteiger charge is 2.48. The van der Waals surface area contributed by atoms with Gasteiger partial charge in [0.05, 0.1) is 12.1 Å². The Labute approximate surface area is 193 Å². The zero-order valence-electron chi connectivity index (χ0n) is 18.3. The van der Waals surface area contributed by atoms with Gasteiger partial charge in [-0.05, 0) is 43.8 Å². The Kier molecular flexibility index (Phi) is 7.25. The maximum atomic E-state index is 13.5. The lowest BCUT2D eigenvalue weighted by Gasteiger charge is -2.46. The number of anilines is 1. The number of benzene rings is 2. The molecule has 0 aromatic heterocycles. The van der Waals surface area contributed by atoms with Crippen molar-refractivity contribution in [2.45, 2.75) is 18.1 Å². The van der Waals surface area contributed by atoms with Gasteiger partial charge < -0.3 is 14.9 Å². The predicted molar refractivity (Wildman–Crippen MR) is 115 cm³/mol. The molecular weight excluding hydrogens is 458 g/mol. The van der Waals surface area contributed by atoms with E-state index in [1.165, 1.54) is 12.1 Å². The summed E-state index contributed by atoms with van der Waals surface area (Å²) >= 11 is 0. The highest BCUT2D eigenvalue weighted by molar-refractivity contribution is 5.97. The van der Waals surface area contributed by atoms with Crippen molar-refractivity contribution in [2.24, 2.45) is 0 Å². The van der Waals surface area contributed by atoms with E-state index in [-0.39, 0.29) is 17.4 Å². The fourth-order valence-corrected chi connectivity index (χ4v) is 4.08. The molecule has 0 radical (unpaired) electrons. The van der Waals surface area contributed by atoms with Crippen LogP contribution in [-0.2, 0) is 9.59 Å². The van der Waals surface area contributed by atoms with Crippen molar-refractivity contribution in [3.63, 3.8) is 0 Å². The molecule has 2 heterocycles. The summed E-state index contributed by atoms with van der Waals surface area (Å²) in [6, 6.07) is 15.4. The van der Waals surface area contributed by atoms with Gasteiger partial charge in [0.15, 0.2) is 0 Å². The molecule has 2 aliphatic rings. The number of nitrogens with zero attached hydrogens (tertiary/aromatic N) is 3. The molecule has 2 fully saturated rings. The molecule has 1 N–H and O–H groups in total. The van der Waals surface area contributed by atoms with Gasteiger partial charge in [0.2, 0.25) is 5.91 Å². The summed E-state index contributed by atoms with van der Waals surface area (Å²) in [6.45, 7) is 1.97. The molecule has 0 bridgehead atoms. The molecule has 7 nitrogen and oxygen atoms in total. The minimum absolute atomic E-state index is 0.0595. The van der Waals surface area contributed by atoms with Gasteiger partial charge in [-0.1, -0.05) is 24.3 Å². The number of hydrogen-bond acceptors (Lipinski definition) is 4. The average Bonchev–Trinajstić information content (AvgIpc) is 3.21. The Morgan fingerprint density at radius 2 is 1.68 bits per heavy atom. The van der Waals surface area contributed by atoms with Crippen LogP contribution in [0.25, 0.3) is 0 Å². The summed E-state index contributed by atoms with van der Waals surface area (Å²) in [5, 5.41) is 7.12. The van der Waals surface area contributed by atoms with Crippen LogP contribution in [0.2, 0.25) is 0 Å². The number of alkyl halides is 3. The van der Waals surface area contributed by atoms with E-state index in [9.17, 15) is 27.2 Å². The lowest BCUT2D eigenvalue weighted by atomic mass is 9.92. The van der Waals surface area contributed by atoms with Crippen LogP contribution in [0.4, 0.5) is 23.2 Å². The summed E-state index contributed by atoms with van der Waals surface area (Å²) in [6.07, 6.45) is -4.30. The fourth-order valence-electron chi connectivity index (χ4n) is 4.08. The van der Waals surface area contributed by atoms with Crippen LogP contribution < -0.4 is 4.90 Å². The molecule has 2 aliphatic heterocycles. The van der Waals surface area contributed by atoms with Crippen LogP contribution in [0, 0.1) is 5.82 Å². The Morgan fingerprint density at radius 3 is 2.26 bits per heavy atom. The molecule has 1 atom stereocenters. The molecule has 0 aliphatic carbocycles. The number of aliphatic carboxylic acids is 1. The Morgan fingerprint density at radius 1 is 1.03 bits per heavy atom. The Hall–Kier alpha value is -3.47. The molecule has 0 saturated carbocycles.